The number of carboxylic acids is 1. The van der Waals surface area contributed by atoms with Gasteiger partial charge in [-0.1, -0.05) is 0 Å². The van der Waals surface area contributed by atoms with Gasteiger partial charge in [0.2, 0.25) is 0 Å². The zero-order chi connectivity index (χ0) is 18.0. The summed E-state index contributed by atoms with van der Waals surface area (Å²) in [4.78, 5) is 24.9. The molecule has 1 aromatic heterocycles. The predicted molar refractivity (Wildman–Crippen MR) is 89.8 cm³/mol. The van der Waals surface area contributed by atoms with E-state index in [-0.39, 0.29) is 18.8 Å². The van der Waals surface area contributed by atoms with Crippen LogP contribution in [0.2, 0.25) is 0 Å². The number of amidine groups is 1. The third-order valence-corrected chi connectivity index (χ3v) is 4.70. The Bertz CT molecular complexity index is 786. The number of hydrogen-bond acceptors (Lipinski definition) is 7. The van der Waals surface area contributed by atoms with Crippen LogP contribution in [0.3, 0.4) is 0 Å². The predicted octanol–water partition coefficient (Wildman–Crippen LogP) is 1.70. The van der Waals surface area contributed by atoms with E-state index in [0.717, 1.165) is 11.9 Å². The van der Waals surface area contributed by atoms with Crippen molar-refractivity contribution in [1.82, 2.24) is 9.88 Å². The Kier molecular flexibility index (Phi) is 4.88. The van der Waals surface area contributed by atoms with Crippen molar-refractivity contribution < 1.29 is 18.7 Å². The van der Waals surface area contributed by atoms with Gasteiger partial charge in [0.15, 0.2) is 10.8 Å². The SMILES string of the molecule is NC(=CC=NC(F)F)C1=C2CC(C(=O)O)CN2C(c2nccs2)=NC1. The molecule has 25 heavy (non-hydrogen) atoms. The molecule has 1 aromatic rings. The molecule has 0 amide bonds. The first kappa shape index (κ1) is 17.2. The van der Waals surface area contributed by atoms with E-state index in [2.05, 4.69) is 15.0 Å². The number of carbonyl (C=O) groups is 1. The third-order valence-electron chi connectivity index (χ3n) is 3.93. The number of halogens is 2. The quantitative estimate of drug-likeness (QED) is 0.609. The van der Waals surface area contributed by atoms with Gasteiger partial charge in [-0.3, -0.25) is 9.79 Å². The molecule has 0 spiro atoms. The molecule has 1 unspecified atom stereocenters. The Balaban J connectivity index is 1.95. The summed E-state index contributed by atoms with van der Waals surface area (Å²) >= 11 is 1.41. The number of carboxylic acid groups (broad SMARTS) is 1. The molecule has 0 radical (unpaired) electrons. The molecule has 2 aliphatic heterocycles. The number of allylic oxidation sites excluding steroid dienone is 2. The van der Waals surface area contributed by atoms with Gasteiger partial charge in [0, 0.05) is 47.7 Å². The van der Waals surface area contributed by atoms with Crippen LogP contribution in [-0.4, -0.2) is 52.6 Å². The van der Waals surface area contributed by atoms with Crippen molar-refractivity contribution in [3.63, 3.8) is 0 Å². The summed E-state index contributed by atoms with van der Waals surface area (Å²) in [5, 5.41) is 11.9. The zero-order valence-electron chi connectivity index (χ0n) is 13.0. The van der Waals surface area contributed by atoms with Crippen molar-refractivity contribution in [2.75, 3.05) is 13.1 Å². The molecule has 0 aliphatic carbocycles. The van der Waals surface area contributed by atoms with E-state index in [1.54, 1.807) is 11.1 Å². The van der Waals surface area contributed by atoms with Crippen molar-refractivity contribution in [3.05, 3.63) is 39.6 Å². The van der Waals surface area contributed by atoms with E-state index in [0.29, 0.717) is 22.8 Å². The van der Waals surface area contributed by atoms with Gasteiger partial charge in [-0.05, 0) is 6.08 Å². The zero-order valence-corrected chi connectivity index (χ0v) is 13.8. The molecule has 1 atom stereocenters. The number of nitrogens with zero attached hydrogens (tertiary/aromatic N) is 4. The first-order chi connectivity index (χ1) is 12.0. The molecule has 0 saturated carbocycles. The minimum Gasteiger partial charge on any atom is -0.481 e. The number of thiazole rings is 1. The first-order valence-corrected chi connectivity index (χ1v) is 8.29. The van der Waals surface area contributed by atoms with Crippen molar-refractivity contribution in [2.45, 2.75) is 13.0 Å². The Hall–Kier alpha value is -2.62. The van der Waals surface area contributed by atoms with Gasteiger partial charge in [0.25, 0.3) is 0 Å². The van der Waals surface area contributed by atoms with Crippen LogP contribution in [-0.2, 0) is 4.79 Å². The Morgan fingerprint density at radius 3 is 3.00 bits per heavy atom. The molecule has 3 N–H and O–H groups in total. The van der Waals surface area contributed by atoms with E-state index in [1.165, 1.54) is 17.4 Å². The maximum absolute atomic E-state index is 12.1. The number of nitrogens with two attached hydrogens (primary N) is 1. The molecule has 3 rings (SSSR count). The number of hydrogen-bond donors (Lipinski definition) is 2. The second-order valence-electron chi connectivity index (χ2n) is 5.45. The standard InChI is InChI=1S/C15H15F2N5O2S/c16-15(17)20-2-1-10(18)9-6-21-12(13-19-3-4-25-13)22-7-8(14(23)24)5-11(9)22/h1-4,8,15H,5-7,18H2,(H,23,24). The lowest BCUT2D eigenvalue weighted by molar-refractivity contribution is -0.141. The number of aromatic nitrogens is 1. The second kappa shape index (κ2) is 7.09. The smallest absolute Gasteiger partial charge is 0.331 e. The van der Waals surface area contributed by atoms with Gasteiger partial charge >= 0.3 is 12.5 Å². The highest BCUT2D eigenvalue weighted by atomic mass is 32.1. The monoisotopic (exact) mass is 367 g/mol. The Labute approximate surface area is 145 Å². The van der Waals surface area contributed by atoms with E-state index in [9.17, 15) is 18.7 Å². The molecule has 1 fully saturated rings. The largest absolute Gasteiger partial charge is 0.481 e. The van der Waals surface area contributed by atoms with Crippen molar-refractivity contribution >= 4 is 29.4 Å². The molecule has 1 saturated heterocycles. The van der Waals surface area contributed by atoms with Gasteiger partial charge in [0.05, 0.1) is 12.5 Å². The summed E-state index contributed by atoms with van der Waals surface area (Å²) in [5.74, 6) is -0.871. The van der Waals surface area contributed by atoms with E-state index in [1.807, 2.05) is 5.38 Å². The van der Waals surface area contributed by atoms with Gasteiger partial charge in [-0.15, -0.1) is 11.3 Å². The Morgan fingerprint density at radius 2 is 2.36 bits per heavy atom. The molecular weight excluding hydrogens is 352 g/mol. The number of fused-ring (bicyclic) bond motifs is 1. The van der Waals surface area contributed by atoms with Gasteiger partial charge in [-0.2, -0.15) is 8.78 Å². The summed E-state index contributed by atoms with van der Waals surface area (Å²) in [5.41, 5.74) is 7.61. The van der Waals surface area contributed by atoms with Crippen LogP contribution in [0.15, 0.2) is 44.6 Å². The molecule has 3 heterocycles. The Morgan fingerprint density at radius 1 is 1.56 bits per heavy atom. The molecule has 0 aromatic carbocycles. The van der Waals surface area contributed by atoms with Crippen LogP contribution in [0, 0.1) is 5.92 Å². The second-order valence-corrected chi connectivity index (χ2v) is 6.34. The number of alkyl halides is 2. The minimum atomic E-state index is -2.80. The molecular formula is C15H15F2N5O2S. The third kappa shape index (κ3) is 3.58. The van der Waals surface area contributed by atoms with Crippen LogP contribution in [0.1, 0.15) is 11.4 Å². The number of rotatable bonds is 5. The van der Waals surface area contributed by atoms with Crippen LogP contribution >= 0.6 is 11.3 Å². The summed E-state index contributed by atoms with van der Waals surface area (Å²) in [6.45, 7) is -2.30. The van der Waals surface area contributed by atoms with Gasteiger partial charge < -0.3 is 15.7 Å². The average molecular weight is 367 g/mol. The average Bonchev–Trinajstić information content (AvgIpc) is 3.23. The van der Waals surface area contributed by atoms with Crippen molar-refractivity contribution in [1.29, 1.82) is 0 Å². The lowest BCUT2D eigenvalue weighted by atomic mass is 10.0. The van der Waals surface area contributed by atoms with Gasteiger partial charge in [0.1, 0.15) is 0 Å². The van der Waals surface area contributed by atoms with Gasteiger partial charge in [-0.25, -0.2) is 9.98 Å². The van der Waals surface area contributed by atoms with Crippen LogP contribution in [0.25, 0.3) is 0 Å². The molecule has 132 valence electrons. The first-order valence-electron chi connectivity index (χ1n) is 7.41. The number of aliphatic imine (C=N–C) groups is 2. The molecule has 7 nitrogen and oxygen atoms in total. The van der Waals surface area contributed by atoms with E-state index < -0.39 is 18.4 Å². The summed E-state index contributed by atoms with van der Waals surface area (Å²) < 4.78 is 24.2. The maximum atomic E-state index is 12.1. The van der Waals surface area contributed by atoms with Crippen LogP contribution in [0.5, 0.6) is 0 Å². The fraction of sp³-hybridized carbons (Fsp3) is 0.333. The summed E-state index contributed by atoms with van der Waals surface area (Å²) in [6.07, 6.45) is 4.18. The van der Waals surface area contributed by atoms with Crippen molar-refractivity contribution in [2.24, 2.45) is 21.6 Å². The molecule has 10 heteroatoms. The normalized spacial score (nSPS) is 21.2. The lowest BCUT2D eigenvalue weighted by Gasteiger charge is -2.27. The highest BCUT2D eigenvalue weighted by molar-refractivity contribution is 7.11. The molecule has 2 aliphatic rings. The summed E-state index contributed by atoms with van der Waals surface area (Å²) in [6, 6.07) is 0. The lowest BCUT2D eigenvalue weighted by Crippen LogP contribution is -2.34. The maximum Gasteiger partial charge on any atom is 0.331 e. The van der Waals surface area contributed by atoms with Crippen LogP contribution in [0.4, 0.5) is 8.78 Å². The molecule has 0 bridgehead atoms. The summed E-state index contributed by atoms with van der Waals surface area (Å²) in [7, 11) is 0. The van der Waals surface area contributed by atoms with E-state index in [4.69, 9.17) is 5.73 Å². The van der Waals surface area contributed by atoms with Crippen LogP contribution < -0.4 is 5.73 Å². The van der Waals surface area contributed by atoms with E-state index >= 15 is 0 Å². The fourth-order valence-corrected chi connectivity index (χ4v) is 3.45. The number of aliphatic carboxylic acids is 1. The fourth-order valence-electron chi connectivity index (χ4n) is 2.80. The minimum absolute atomic E-state index is 0.234. The highest BCUT2D eigenvalue weighted by Gasteiger charge is 2.38. The van der Waals surface area contributed by atoms with Crippen molar-refractivity contribution in [3.8, 4) is 0 Å². The topological polar surface area (TPSA) is 104 Å². The highest BCUT2D eigenvalue weighted by Crippen LogP contribution is 2.35.